The monoisotopic (exact) mass is 212 g/mol. The largest absolute Gasteiger partial charge is 0.347 e. The van der Waals surface area contributed by atoms with Crippen LogP contribution in [0.3, 0.4) is 0 Å². The minimum absolute atomic E-state index is 0.158. The lowest BCUT2D eigenvalue weighted by atomic mass is 10.1. The summed E-state index contributed by atoms with van der Waals surface area (Å²) >= 11 is 0. The molecule has 15 heavy (non-hydrogen) atoms. The summed E-state index contributed by atoms with van der Waals surface area (Å²) in [5, 5.41) is 0. The fourth-order valence-electron chi connectivity index (χ4n) is 1.75. The van der Waals surface area contributed by atoms with Gasteiger partial charge in [0, 0.05) is 0 Å². The lowest BCUT2D eigenvalue weighted by molar-refractivity contribution is -0.133. The standard InChI is InChI=1S/C13H24O2/c1-4-5-6-7-8-9-10-12-11-14-13(2,3)15-12/h9-10,12H,4-8,11H2,1-3H3/b10-9-/t12-/m0/s1. The van der Waals surface area contributed by atoms with Crippen LogP contribution >= 0.6 is 0 Å². The molecule has 1 saturated heterocycles. The predicted molar refractivity (Wildman–Crippen MR) is 62.8 cm³/mol. The maximum absolute atomic E-state index is 5.67. The van der Waals surface area contributed by atoms with Gasteiger partial charge in [-0.25, -0.2) is 0 Å². The van der Waals surface area contributed by atoms with Gasteiger partial charge in [-0.3, -0.25) is 0 Å². The van der Waals surface area contributed by atoms with E-state index in [9.17, 15) is 0 Å². The van der Waals surface area contributed by atoms with Crippen LogP contribution < -0.4 is 0 Å². The van der Waals surface area contributed by atoms with Crippen molar-refractivity contribution in [3.05, 3.63) is 12.2 Å². The maximum Gasteiger partial charge on any atom is 0.163 e. The molecule has 88 valence electrons. The van der Waals surface area contributed by atoms with Crippen molar-refractivity contribution in [2.45, 2.75) is 64.8 Å². The smallest absolute Gasteiger partial charge is 0.163 e. The van der Waals surface area contributed by atoms with Gasteiger partial charge in [0.1, 0.15) is 6.10 Å². The van der Waals surface area contributed by atoms with Gasteiger partial charge < -0.3 is 9.47 Å². The predicted octanol–water partition coefficient (Wildman–Crippen LogP) is 3.66. The first-order valence-electron chi connectivity index (χ1n) is 6.12. The highest BCUT2D eigenvalue weighted by atomic mass is 16.7. The molecule has 2 heteroatoms. The van der Waals surface area contributed by atoms with Gasteiger partial charge in [0.25, 0.3) is 0 Å². The fraction of sp³-hybridized carbons (Fsp3) is 0.846. The van der Waals surface area contributed by atoms with Crippen molar-refractivity contribution in [1.82, 2.24) is 0 Å². The highest BCUT2D eigenvalue weighted by molar-refractivity contribution is 4.92. The van der Waals surface area contributed by atoms with Crippen molar-refractivity contribution in [2.75, 3.05) is 6.61 Å². The minimum Gasteiger partial charge on any atom is -0.347 e. The van der Waals surface area contributed by atoms with E-state index >= 15 is 0 Å². The van der Waals surface area contributed by atoms with Crippen LogP contribution in [-0.4, -0.2) is 18.5 Å². The Morgan fingerprint density at radius 2 is 2.07 bits per heavy atom. The molecule has 1 rings (SSSR count). The topological polar surface area (TPSA) is 18.5 Å². The van der Waals surface area contributed by atoms with Crippen molar-refractivity contribution < 1.29 is 9.47 Å². The Hall–Kier alpha value is -0.340. The molecular formula is C13H24O2. The van der Waals surface area contributed by atoms with Gasteiger partial charge in [-0.15, -0.1) is 0 Å². The summed E-state index contributed by atoms with van der Waals surface area (Å²) in [6.07, 6.45) is 11.0. The molecule has 0 unspecified atom stereocenters. The number of allylic oxidation sites excluding steroid dienone is 1. The molecule has 0 saturated carbocycles. The van der Waals surface area contributed by atoms with Crippen LogP contribution in [-0.2, 0) is 9.47 Å². The van der Waals surface area contributed by atoms with E-state index in [-0.39, 0.29) is 6.10 Å². The molecule has 0 aromatic rings. The molecule has 0 bridgehead atoms. The minimum atomic E-state index is -0.392. The third-order valence-electron chi connectivity index (χ3n) is 2.61. The van der Waals surface area contributed by atoms with E-state index in [0.717, 1.165) is 0 Å². The first-order valence-corrected chi connectivity index (χ1v) is 6.12. The summed E-state index contributed by atoms with van der Waals surface area (Å²) in [6, 6.07) is 0. The van der Waals surface area contributed by atoms with Gasteiger partial charge in [-0.1, -0.05) is 38.3 Å². The molecule has 1 aliphatic heterocycles. The van der Waals surface area contributed by atoms with E-state index in [1.807, 2.05) is 13.8 Å². The third kappa shape index (κ3) is 5.33. The van der Waals surface area contributed by atoms with E-state index in [4.69, 9.17) is 9.47 Å². The Morgan fingerprint density at radius 1 is 1.27 bits per heavy atom. The average Bonchev–Trinajstić information content (AvgIpc) is 2.52. The molecule has 1 atom stereocenters. The Morgan fingerprint density at radius 3 is 2.67 bits per heavy atom. The van der Waals surface area contributed by atoms with E-state index < -0.39 is 5.79 Å². The average molecular weight is 212 g/mol. The Labute approximate surface area is 93.7 Å². The SMILES string of the molecule is CCCCCC/C=C\[C@H]1COC(C)(C)O1. The Bertz CT molecular complexity index is 197. The van der Waals surface area contributed by atoms with E-state index in [0.29, 0.717) is 6.61 Å². The highest BCUT2D eigenvalue weighted by Crippen LogP contribution is 2.22. The van der Waals surface area contributed by atoms with Crippen LogP contribution in [0.2, 0.25) is 0 Å². The number of hydrogen-bond acceptors (Lipinski definition) is 2. The molecule has 0 aromatic carbocycles. The molecule has 0 aromatic heterocycles. The molecule has 0 aliphatic carbocycles. The van der Waals surface area contributed by atoms with Crippen molar-refractivity contribution in [1.29, 1.82) is 0 Å². The molecule has 2 nitrogen and oxygen atoms in total. The quantitative estimate of drug-likeness (QED) is 0.494. The lowest BCUT2D eigenvalue weighted by Gasteiger charge is -2.15. The van der Waals surface area contributed by atoms with Crippen LogP contribution in [0.1, 0.15) is 52.9 Å². The van der Waals surface area contributed by atoms with Gasteiger partial charge in [0.05, 0.1) is 6.61 Å². The number of ether oxygens (including phenoxy) is 2. The van der Waals surface area contributed by atoms with Gasteiger partial charge in [0.15, 0.2) is 5.79 Å². The van der Waals surface area contributed by atoms with Crippen molar-refractivity contribution in [3.8, 4) is 0 Å². The fourth-order valence-corrected chi connectivity index (χ4v) is 1.75. The van der Waals surface area contributed by atoms with Crippen molar-refractivity contribution in [2.24, 2.45) is 0 Å². The number of hydrogen-bond donors (Lipinski definition) is 0. The molecule has 1 aliphatic rings. The summed E-state index contributed by atoms with van der Waals surface area (Å²) in [6.45, 7) is 6.85. The molecule has 0 N–H and O–H groups in total. The second-order valence-electron chi connectivity index (χ2n) is 4.64. The Kier molecular flexibility index (Phi) is 5.34. The lowest BCUT2D eigenvalue weighted by Crippen LogP contribution is -2.20. The molecule has 1 heterocycles. The van der Waals surface area contributed by atoms with Gasteiger partial charge in [-0.2, -0.15) is 0 Å². The first kappa shape index (κ1) is 12.7. The number of unbranched alkanes of at least 4 members (excludes halogenated alkanes) is 4. The second kappa shape index (κ2) is 6.29. The van der Waals surface area contributed by atoms with E-state index in [1.165, 1.54) is 32.1 Å². The highest BCUT2D eigenvalue weighted by Gasteiger charge is 2.30. The van der Waals surface area contributed by atoms with Crippen LogP contribution in [0.15, 0.2) is 12.2 Å². The summed E-state index contributed by atoms with van der Waals surface area (Å²) < 4.78 is 11.1. The van der Waals surface area contributed by atoms with E-state index in [1.54, 1.807) is 0 Å². The van der Waals surface area contributed by atoms with Crippen LogP contribution in [0.5, 0.6) is 0 Å². The van der Waals surface area contributed by atoms with Crippen LogP contribution in [0, 0.1) is 0 Å². The van der Waals surface area contributed by atoms with E-state index in [2.05, 4.69) is 19.1 Å². The van der Waals surface area contributed by atoms with Gasteiger partial charge >= 0.3 is 0 Å². The Balaban J connectivity index is 2.06. The summed E-state index contributed by atoms with van der Waals surface area (Å²) in [5.41, 5.74) is 0. The summed E-state index contributed by atoms with van der Waals surface area (Å²) in [4.78, 5) is 0. The summed E-state index contributed by atoms with van der Waals surface area (Å²) in [7, 11) is 0. The van der Waals surface area contributed by atoms with Gasteiger partial charge in [0.2, 0.25) is 0 Å². The molecule has 0 amide bonds. The molecular weight excluding hydrogens is 188 g/mol. The van der Waals surface area contributed by atoms with Crippen LogP contribution in [0.4, 0.5) is 0 Å². The zero-order chi connectivity index (χ0) is 11.1. The van der Waals surface area contributed by atoms with Crippen molar-refractivity contribution >= 4 is 0 Å². The summed E-state index contributed by atoms with van der Waals surface area (Å²) in [5.74, 6) is -0.392. The second-order valence-corrected chi connectivity index (χ2v) is 4.64. The first-order chi connectivity index (χ1) is 7.14. The van der Waals surface area contributed by atoms with Crippen molar-refractivity contribution in [3.63, 3.8) is 0 Å². The van der Waals surface area contributed by atoms with Gasteiger partial charge in [-0.05, 0) is 26.7 Å². The number of rotatable bonds is 6. The van der Waals surface area contributed by atoms with Crippen LogP contribution in [0.25, 0.3) is 0 Å². The normalized spacial score (nSPS) is 25.1. The zero-order valence-electron chi connectivity index (χ0n) is 10.3. The molecule has 1 fully saturated rings. The zero-order valence-corrected chi connectivity index (χ0v) is 10.3. The third-order valence-corrected chi connectivity index (χ3v) is 2.61. The molecule has 0 spiro atoms. The maximum atomic E-state index is 5.67. The molecule has 0 radical (unpaired) electrons.